The van der Waals surface area contributed by atoms with Crippen LogP contribution in [0.3, 0.4) is 0 Å². The molecule has 0 radical (unpaired) electrons. The Labute approximate surface area is 171 Å². The number of ether oxygens (including phenoxy) is 2. The number of carbonyl (C=O) groups is 2. The summed E-state index contributed by atoms with van der Waals surface area (Å²) in [6.45, 7) is 6.97. The van der Waals surface area contributed by atoms with E-state index in [0.717, 1.165) is 27.9 Å². The third kappa shape index (κ3) is 7.42. The molecule has 1 aromatic heterocycles. The number of urea groups is 1. The summed E-state index contributed by atoms with van der Waals surface area (Å²) >= 11 is 0. The molecular weight excluding hydrogens is 372 g/mol. The number of amides is 3. The molecule has 0 aliphatic heterocycles. The quantitative estimate of drug-likeness (QED) is 0.561. The van der Waals surface area contributed by atoms with Gasteiger partial charge in [-0.2, -0.15) is 0 Å². The van der Waals surface area contributed by atoms with Crippen LogP contribution in [0.15, 0.2) is 30.5 Å². The van der Waals surface area contributed by atoms with Gasteiger partial charge in [-0.1, -0.05) is 23.8 Å². The van der Waals surface area contributed by atoms with Crippen molar-refractivity contribution in [1.29, 1.82) is 0 Å². The lowest BCUT2D eigenvalue weighted by molar-refractivity contribution is -0.115. The zero-order valence-corrected chi connectivity index (χ0v) is 17.3. The fourth-order valence-electron chi connectivity index (χ4n) is 2.80. The number of aromatic nitrogens is 1. The SMILES string of the molecule is COCCOc1ccc(CNC(=O)NCC(=O)Nc2c(C)cc(C)cc2C)cn1. The average Bonchev–Trinajstić information content (AvgIpc) is 2.68. The summed E-state index contributed by atoms with van der Waals surface area (Å²) in [6.07, 6.45) is 1.62. The van der Waals surface area contributed by atoms with Crippen molar-refractivity contribution in [3.8, 4) is 5.88 Å². The molecule has 2 rings (SSSR count). The third-order valence-electron chi connectivity index (χ3n) is 4.14. The first-order valence-corrected chi connectivity index (χ1v) is 9.35. The molecule has 0 aliphatic carbocycles. The number of nitrogens with one attached hydrogen (secondary N) is 3. The van der Waals surface area contributed by atoms with Crippen molar-refractivity contribution in [2.75, 3.05) is 32.2 Å². The van der Waals surface area contributed by atoms with Crippen LogP contribution in [0.25, 0.3) is 0 Å². The standard InChI is InChI=1S/C21H28N4O4/c1-14-9-15(2)20(16(3)10-14)25-18(26)13-24-21(27)23-12-17-5-6-19(22-11-17)29-8-7-28-4/h5-6,9-11H,7-8,12-13H2,1-4H3,(H,25,26)(H2,23,24,27). The van der Waals surface area contributed by atoms with Gasteiger partial charge in [0.1, 0.15) is 6.61 Å². The molecule has 0 atom stereocenters. The normalized spacial score (nSPS) is 10.3. The topological polar surface area (TPSA) is 102 Å². The Balaban J connectivity index is 1.73. The number of methoxy groups -OCH3 is 1. The number of carbonyl (C=O) groups excluding carboxylic acids is 2. The first-order valence-electron chi connectivity index (χ1n) is 9.35. The molecule has 0 bridgehead atoms. The highest BCUT2D eigenvalue weighted by atomic mass is 16.5. The second kappa shape index (κ2) is 11.0. The van der Waals surface area contributed by atoms with E-state index in [9.17, 15) is 9.59 Å². The van der Waals surface area contributed by atoms with Crippen LogP contribution in [0.5, 0.6) is 5.88 Å². The van der Waals surface area contributed by atoms with E-state index in [1.807, 2.05) is 39.0 Å². The largest absolute Gasteiger partial charge is 0.475 e. The molecule has 0 fully saturated rings. The summed E-state index contributed by atoms with van der Waals surface area (Å²) < 4.78 is 10.3. The number of anilines is 1. The Morgan fingerprint density at radius 1 is 1.03 bits per heavy atom. The lowest BCUT2D eigenvalue weighted by Gasteiger charge is -2.13. The van der Waals surface area contributed by atoms with Crippen molar-refractivity contribution >= 4 is 17.6 Å². The van der Waals surface area contributed by atoms with Crippen molar-refractivity contribution < 1.29 is 19.1 Å². The summed E-state index contributed by atoms with van der Waals surface area (Å²) in [5.41, 5.74) is 4.71. The second-order valence-corrected chi connectivity index (χ2v) is 6.70. The van der Waals surface area contributed by atoms with E-state index in [-0.39, 0.29) is 19.0 Å². The maximum absolute atomic E-state index is 12.1. The molecule has 156 valence electrons. The van der Waals surface area contributed by atoms with Gasteiger partial charge in [0.05, 0.1) is 13.2 Å². The van der Waals surface area contributed by atoms with Crippen molar-refractivity contribution in [3.05, 3.63) is 52.7 Å². The second-order valence-electron chi connectivity index (χ2n) is 6.70. The summed E-state index contributed by atoms with van der Waals surface area (Å²) in [6, 6.07) is 7.11. The van der Waals surface area contributed by atoms with Gasteiger partial charge >= 0.3 is 6.03 Å². The zero-order chi connectivity index (χ0) is 21.2. The fourth-order valence-corrected chi connectivity index (χ4v) is 2.80. The van der Waals surface area contributed by atoms with Crippen LogP contribution in [0.1, 0.15) is 22.3 Å². The molecule has 0 saturated carbocycles. The van der Waals surface area contributed by atoms with Gasteiger partial charge in [-0.05, 0) is 37.5 Å². The maximum Gasteiger partial charge on any atom is 0.315 e. The third-order valence-corrected chi connectivity index (χ3v) is 4.14. The average molecular weight is 400 g/mol. The molecule has 3 amide bonds. The van der Waals surface area contributed by atoms with Gasteiger partial charge in [0.2, 0.25) is 11.8 Å². The lowest BCUT2D eigenvalue weighted by Crippen LogP contribution is -2.39. The van der Waals surface area contributed by atoms with E-state index < -0.39 is 6.03 Å². The predicted molar refractivity (Wildman–Crippen MR) is 111 cm³/mol. The smallest absolute Gasteiger partial charge is 0.315 e. The number of hydrogen-bond acceptors (Lipinski definition) is 5. The number of benzene rings is 1. The van der Waals surface area contributed by atoms with Gasteiger partial charge in [0, 0.05) is 31.6 Å². The monoisotopic (exact) mass is 400 g/mol. The lowest BCUT2D eigenvalue weighted by atomic mass is 10.1. The summed E-state index contributed by atoms with van der Waals surface area (Å²) in [5.74, 6) is 0.211. The van der Waals surface area contributed by atoms with Crippen molar-refractivity contribution in [3.63, 3.8) is 0 Å². The van der Waals surface area contributed by atoms with Crippen molar-refractivity contribution in [2.24, 2.45) is 0 Å². The number of aryl methyl sites for hydroxylation is 3. The van der Waals surface area contributed by atoms with E-state index in [2.05, 4.69) is 20.9 Å². The molecule has 0 unspecified atom stereocenters. The van der Waals surface area contributed by atoms with Gasteiger partial charge < -0.3 is 25.4 Å². The highest BCUT2D eigenvalue weighted by Gasteiger charge is 2.10. The van der Waals surface area contributed by atoms with Crippen LogP contribution >= 0.6 is 0 Å². The minimum atomic E-state index is -0.432. The van der Waals surface area contributed by atoms with E-state index in [1.54, 1.807) is 19.4 Å². The van der Waals surface area contributed by atoms with E-state index >= 15 is 0 Å². The Morgan fingerprint density at radius 3 is 2.38 bits per heavy atom. The molecule has 0 spiro atoms. The maximum atomic E-state index is 12.1. The van der Waals surface area contributed by atoms with Crippen LogP contribution < -0.4 is 20.7 Å². The van der Waals surface area contributed by atoms with Gasteiger partial charge in [-0.15, -0.1) is 0 Å². The van der Waals surface area contributed by atoms with Gasteiger partial charge in [-0.3, -0.25) is 4.79 Å². The van der Waals surface area contributed by atoms with Gasteiger partial charge in [-0.25, -0.2) is 9.78 Å². The van der Waals surface area contributed by atoms with E-state index in [0.29, 0.717) is 19.1 Å². The van der Waals surface area contributed by atoms with Crippen LogP contribution in [0, 0.1) is 20.8 Å². The molecule has 8 nitrogen and oxygen atoms in total. The molecule has 29 heavy (non-hydrogen) atoms. The highest BCUT2D eigenvalue weighted by molar-refractivity contribution is 5.95. The summed E-state index contributed by atoms with van der Waals surface area (Å²) in [7, 11) is 1.60. The van der Waals surface area contributed by atoms with Crippen LogP contribution in [0.4, 0.5) is 10.5 Å². The molecule has 1 aromatic carbocycles. The first-order chi connectivity index (χ1) is 13.9. The predicted octanol–water partition coefficient (Wildman–Crippen LogP) is 2.47. The minimum Gasteiger partial charge on any atom is -0.475 e. The van der Waals surface area contributed by atoms with Crippen molar-refractivity contribution in [2.45, 2.75) is 27.3 Å². The summed E-state index contributed by atoms with van der Waals surface area (Å²) in [5, 5.41) is 8.08. The van der Waals surface area contributed by atoms with Gasteiger partial charge in [0.25, 0.3) is 0 Å². The number of pyridine rings is 1. The van der Waals surface area contributed by atoms with E-state index in [1.165, 1.54) is 0 Å². The Kier molecular flexibility index (Phi) is 8.42. The molecule has 1 heterocycles. The van der Waals surface area contributed by atoms with Crippen LogP contribution in [0.2, 0.25) is 0 Å². The Hall–Kier alpha value is -3.13. The number of nitrogens with zero attached hydrogens (tertiary/aromatic N) is 1. The Bertz CT molecular complexity index is 814. The minimum absolute atomic E-state index is 0.122. The van der Waals surface area contributed by atoms with Crippen molar-refractivity contribution in [1.82, 2.24) is 15.6 Å². The molecular formula is C21H28N4O4. The molecule has 3 N–H and O–H groups in total. The number of hydrogen-bond donors (Lipinski definition) is 3. The molecule has 0 saturated heterocycles. The van der Waals surface area contributed by atoms with Crippen LogP contribution in [-0.2, 0) is 16.1 Å². The number of rotatable bonds is 9. The summed E-state index contributed by atoms with van der Waals surface area (Å²) in [4.78, 5) is 28.2. The Morgan fingerprint density at radius 2 is 1.76 bits per heavy atom. The molecule has 0 aliphatic rings. The fraction of sp³-hybridized carbons (Fsp3) is 0.381. The van der Waals surface area contributed by atoms with E-state index in [4.69, 9.17) is 9.47 Å². The van der Waals surface area contributed by atoms with Gasteiger partial charge in [0.15, 0.2) is 0 Å². The first kappa shape index (κ1) is 22.2. The van der Waals surface area contributed by atoms with Crippen LogP contribution in [-0.4, -0.2) is 43.8 Å². The highest BCUT2D eigenvalue weighted by Crippen LogP contribution is 2.21. The zero-order valence-electron chi connectivity index (χ0n) is 17.3. The molecule has 2 aromatic rings. The molecule has 8 heteroatoms.